The van der Waals surface area contributed by atoms with Crippen molar-refractivity contribution in [2.75, 3.05) is 17.7 Å². The van der Waals surface area contributed by atoms with E-state index in [9.17, 15) is 0 Å². The number of para-hydroxylation sites is 1. The third-order valence-electron chi connectivity index (χ3n) is 2.57. The second-order valence-corrected chi connectivity index (χ2v) is 5.50. The molecule has 3 N–H and O–H groups in total. The molecule has 0 aromatic heterocycles. The molecule has 0 atom stereocenters. The van der Waals surface area contributed by atoms with Gasteiger partial charge in [-0.3, -0.25) is 0 Å². The van der Waals surface area contributed by atoms with Crippen LogP contribution < -0.4 is 15.8 Å². The zero-order chi connectivity index (χ0) is 13.8. The molecule has 0 saturated carbocycles. The molecule has 5 heteroatoms. The molecule has 0 radical (unpaired) electrons. The fourth-order valence-corrected chi connectivity index (χ4v) is 2.68. The highest BCUT2D eigenvalue weighted by Crippen LogP contribution is 2.33. The average molecular weight is 389 g/mol. The van der Waals surface area contributed by atoms with Gasteiger partial charge in [-0.25, -0.2) is 0 Å². The summed E-state index contributed by atoms with van der Waals surface area (Å²) in [6.45, 7) is 2.52. The lowest BCUT2D eigenvalue weighted by atomic mass is 10.2. The normalized spacial score (nSPS) is 10.3. The molecule has 0 fully saturated rings. The van der Waals surface area contributed by atoms with Gasteiger partial charge in [0, 0.05) is 8.59 Å². The molecule has 0 heterocycles. The number of hydrogen-bond donors (Lipinski definition) is 2. The van der Waals surface area contributed by atoms with Crippen LogP contribution in [0.25, 0.3) is 0 Å². The maximum atomic E-state index is 6.08. The summed E-state index contributed by atoms with van der Waals surface area (Å²) >= 11 is 8.17. The maximum Gasteiger partial charge on any atom is 0.144 e. The monoisotopic (exact) mass is 388 g/mol. The first-order valence-electron chi connectivity index (χ1n) is 5.85. The smallest absolute Gasteiger partial charge is 0.144 e. The van der Waals surface area contributed by atoms with Crippen molar-refractivity contribution in [3.8, 4) is 5.75 Å². The molecule has 0 aliphatic carbocycles. The minimum Gasteiger partial charge on any atom is -0.492 e. The molecule has 2 aromatic rings. The molecule has 0 saturated heterocycles. The van der Waals surface area contributed by atoms with Gasteiger partial charge < -0.3 is 15.8 Å². The van der Waals surface area contributed by atoms with E-state index in [1.165, 1.54) is 0 Å². The van der Waals surface area contributed by atoms with E-state index in [1.54, 1.807) is 0 Å². The van der Waals surface area contributed by atoms with Crippen molar-refractivity contribution in [2.24, 2.45) is 0 Å². The molecular formula is C14H14ClIN2O. The summed E-state index contributed by atoms with van der Waals surface area (Å²) in [5, 5.41) is 4.01. The summed E-state index contributed by atoms with van der Waals surface area (Å²) in [5.74, 6) is 0.691. The highest BCUT2D eigenvalue weighted by atomic mass is 127. The number of nitrogens with two attached hydrogens (primary N) is 1. The summed E-state index contributed by atoms with van der Waals surface area (Å²) in [6, 6.07) is 11.4. The van der Waals surface area contributed by atoms with Crippen LogP contribution in [0.15, 0.2) is 36.4 Å². The molecule has 0 unspecified atom stereocenters. The van der Waals surface area contributed by atoms with Crippen molar-refractivity contribution in [1.82, 2.24) is 0 Å². The Morgan fingerprint density at radius 3 is 2.74 bits per heavy atom. The molecule has 0 bridgehead atoms. The van der Waals surface area contributed by atoms with Gasteiger partial charge in [0.15, 0.2) is 0 Å². The number of nitrogens with one attached hydrogen (secondary N) is 1. The third-order valence-corrected chi connectivity index (χ3v) is 3.69. The van der Waals surface area contributed by atoms with Gasteiger partial charge in [-0.15, -0.1) is 0 Å². The molecule has 2 aromatic carbocycles. The molecule has 0 aliphatic rings. The Labute approximate surface area is 131 Å². The van der Waals surface area contributed by atoms with Crippen LogP contribution in [0.5, 0.6) is 5.75 Å². The van der Waals surface area contributed by atoms with Crippen molar-refractivity contribution in [3.05, 3.63) is 45.0 Å². The largest absolute Gasteiger partial charge is 0.492 e. The standard InChI is InChI=1S/C14H14ClIN2O/c1-2-19-13-5-3-4-12(14(13)17)18-11-7-6-9(15)8-10(11)16/h3-8,18H,2,17H2,1H3. The van der Waals surface area contributed by atoms with Gasteiger partial charge in [-0.2, -0.15) is 0 Å². The van der Waals surface area contributed by atoms with E-state index in [0.29, 0.717) is 23.1 Å². The topological polar surface area (TPSA) is 47.3 Å². The first kappa shape index (κ1) is 14.3. The van der Waals surface area contributed by atoms with Crippen molar-refractivity contribution in [2.45, 2.75) is 6.92 Å². The summed E-state index contributed by atoms with van der Waals surface area (Å²) in [6.07, 6.45) is 0. The predicted octanol–water partition coefficient (Wildman–Crippen LogP) is 4.67. The SMILES string of the molecule is CCOc1cccc(Nc2ccc(Cl)cc2I)c1N. The van der Waals surface area contributed by atoms with Gasteiger partial charge >= 0.3 is 0 Å². The Hall–Kier alpha value is -1.14. The summed E-state index contributed by atoms with van der Waals surface area (Å²) in [4.78, 5) is 0. The number of halogens is 2. The minimum absolute atomic E-state index is 0.589. The predicted molar refractivity (Wildman–Crippen MR) is 89.5 cm³/mol. The first-order chi connectivity index (χ1) is 9.11. The lowest BCUT2D eigenvalue weighted by molar-refractivity contribution is 0.342. The Bertz CT molecular complexity index is 590. The van der Waals surface area contributed by atoms with Gasteiger partial charge in [-0.1, -0.05) is 17.7 Å². The van der Waals surface area contributed by atoms with Crippen LogP contribution in [0, 0.1) is 3.57 Å². The van der Waals surface area contributed by atoms with Gasteiger partial charge in [0.2, 0.25) is 0 Å². The Kier molecular flexibility index (Phi) is 4.76. The van der Waals surface area contributed by atoms with Crippen LogP contribution in [0.2, 0.25) is 5.02 Å². The molecule has 3 nitrogen and oxygen atoms in total. The molecule has 2 rings (SSSR count). The van der Waals surface area contributed by atoms with Gasteiger partial charge in [-0.05, 0) is 59.8 Å². The lowest BCUT2D eigenvalue weighted by Crippen LogP contribution is -2.01. The highest BCUT2D eigenvalue weighted by molar-refractivity contribution is 14.1. The number of ether oxygens (including phenoxy) is 1. The zero-order valence-corrected chi connectivity index (χ0v) is 13.3. The van der Waals surface area contributed by atoms with Crippen LogP contribution in [0.3, 0.4) is 0 Å². The van der Waals surface area contributed by atoms with E-state index in [4.69, 9.17) is 22.1 Å². The third kappa shape index (κ3) is 3.45. The lowest BCUT2D eigenvalue weighted by Gasteiger charge is -2.14. The van der Waals surface area contributed by atoms with Crippen LogP contribution in [0.1, 0.15) is 6.92 Å². The number of rotatable bonds is 4. The number of benzene rings is 2. The second-order valence-electron chi connectivity index (χ2n) is 3.90. The molecule has 0 aliphatic heterocycles. The van der Waals surface area contributed by atoms with Gasteiger partial charge in [0.05, 0.1) is 23.7 Å². The molecular weight excluding hydrogens is 375 g/mol. The van der Waals surface area contributed by atoms with E-state index in [-0.39, 0.29) is 0 Å². The summed E-state index contributed by atoms with van der Waals surface area (Å²) in [5.41, 5.74) is 8.48. The number of nitrogen functional groups attached to an aromatic ring is 1. The Morgan fingerprint density at radius 1 is 1.26 bits per heavy atom. The fourth-order valence-electron chi connectivity index (χ4n) is 1.67. The average Bonchev–Trinajstić information content (AvgIpc) is 2.37. The summed E-state index contributed by atoms with van der Waals surface area (Å²) in [7, 11) is 0. The molecule has 0 amide bonds. The van der Waals surface area contributed by atoms with E-state index >= 15 is 0 Å². The molecule has 0 spiro atoms. The first-order valence-corrected chi connectivity index (χ1v) is 7.31. The van der Waals surface area contributed by atoms with Crippen molar-refractivity contribution in [3.63, 3.8) is 0 Å². The van der Waals surface area contributed by atoms with Crippen LogP contribution in [-0.4, -0.2) is 6.61 Å². The number of anilines is 3. The molecule has 100 valence electrons. The highest BCUT2D eigenvalue weighted by Gasteiger charge is 2.07. The van der Waals surface area contributed by atoms with E-state index in [0.717, 1.165) is 14.9 Å². The molecule has 19 heavy (non-hydrogen) atoms. The van der Waals surface area contributed by atoms with Crippen LogP contribution in [-0.2, 0) is 0 Å². The minimum atomic E-state index is 0.589. The number of hydrogen-bond acceptors (Lipinski definition) is 3. The van der Waals surface area contributed by atoms with Crippen LogP contribution in [0.4, 0.5) is 17.1 Å². The summed E-state index contributed by atoms with van der Waals surface area (Å²) < 4.78 is 6.51. The quantitative estimate of drug-likeness (QED) is 0.591. The van der Waals surface area contributed by atoms with E-state index in [1.807, 2.05) is 43.3 Å². The fraction of sp³-hybridized carbons (Fsp3) is 0.143. The van der Waals surface area contributed by atoms with Crippen molar-refractivity contribution >= 4 is 51.3 Å². The van der Waals surface area contributed by atoms with E-state index < -0.39 is 0 Å². The second kappa shape index (κ2) is 6.34. The van der Waals surface area contributed by atoms with Crippen LogP contribution >= 0.6 is 34.2 Å². The van der Waals surface area contributed by atoms with Gasteiger partial charge in [0.25, 0.3) is 0 Å². The van der Waals surface area contributed by atoms with E-state index in [2.05, 4.69) is 27.9 Å². The maximum absolute atomic E-state index is 6.08. The zero-order valence-electron chi connectivity index (χ0n) is 10.4. The Balaban J connectivity index is 2.30. The van der Waals surface area contributed by atoms with Crippen molar-refractivity contribution < 1.29 is 4.74 Å². The van der Waals surface area contributed by atoms with Gasteiger partial charge in [0.1, 0.15) is 5.75 Å². The van der Waals surface area contributed by atoms with Crippen molar-refractivity contribution in [1.29, 1.82) is 0 Å². The Morgan fingerprint density at radius 2 is 2.05 bits per heavy atom.